The largest absolute Gasteiger partial charge is 0.273 e. The molecule has 0 saturated carbocycles. The Hall–Kier alpha value is -0.790. The highest BCUT2D eigenvalue weighted by Crippen LogP contribution is 2.10. The summed E-state index contributed by atoms with van der Waals surface area (Å²) in [4.78, 5) is 0. The third-order valence-corrected chi connectivity index (χ3v) is 1.30. The fourth-order valence-electron chi connectivity index (χ4n) is 0.768. The van der Waals surface area contributed by atoms with Gasteiger partial charge in [-0.1, -0.05) is 6.08 Å². The van der Waals surface area contributed by atoms with E-state index in [9.17, 15) is 0 Å². The van der Waals surface area contributed by atoms with Gasteiger partial charge < -0.3 is 0 Å². The fraction of sp³-hybridized carbons (Fsp3) is 0.500. The Balaban J connectivity index is 2.64. The summed E-state index contributed by atoms with van der Waals surface area (Å²) in [5.74, 6) is 0. The van der Waals surface area contributed by atoms with Crippen LogP contribution in [0.4, 0.5) is 0 Å². The van der Waals surface area contributed by atoms with Crippen molar-refractivity contribution in [1.29, 1.82) is 0 Å². The van der Waals surface area contributed by atoms with Crippen LogP contribution in [-0.4, -0.2) is 18.3 Å². The van der Waals surface area contributed by atoms with Crippen LogP contribution in [0.25, 0.3) is 0 Å². The van der Waals surface area contributed by atoms with Crippen molar-refractivity contribution in [2.75, 3.05) is 7.05 Å². The van der Waals surface area contributed by atoms with Gasteiger partial charge in [0, 0.05) is 25.4 Å². The molecule has 0 aromatic carbocycles. The fourth-order valence-corrected chi connectivity index (χ4v) is 0.768. The van der Waals surface area contributed by atoms with Crippen molar-refractivity contribution in [3.63, 3.8) is 0 Å². The Morgan fingerprint density at radius 2 is 2.62 bits per heavy atom. The summed E-state index contributed by atoms with van der Waals surface area (Å²) in [6.07, 6.45) is 4.98. The summed E-state index contributed by atoms with van der Waals surface area (Å²) < 4.78 is 0. The molecule has 0 radical (unpaired) electrons. The first-order chi connectivity index (χ1) is 3.84. The van der Waals surface area contributed by atoms with Crippen LogP contribution in [0.3, 0.4) is 0 Å². The molecule has 8 heavy (non-hydrogen) atoms. The minimum atomic E-state index is 0.993. The van der Waals surface area contributed by atoms with Crippen LogP contribution in [0.15, 0.2) is 16.9 Å². The first-order valence-corrected chi connectivity index (χ1v) is 2.76. The first-order valence-electron chi connectivity index (χ1n) is 2.76. The maximum absolute atomic E-state index is 4.03. The van der Waals surface area contributed by atoms with Gasteiger partial charge in [0.25, 0.3) is 0 Å². The number of hydrogen-bond acceptors (Lipinski definition) is 2. The minimum absolute atomic E-state index is 0.993. The Morgan fingerprint density at radius 3 is 2.88 bits per heavy atom. The van der Waals surface area contributed by atoms with Gasteiger partial charge in [0.1, 0.15) is 0 Å². The molecule has 0 N–H and O–H groups in total. The molecule has 44 valence electrons. The van der Waals surface area contributed by atoms with Gasteiger partial charge in [-0.05, 0) is 6.92 Å². The number of hydrazone groups is 1. The molecular weight excluding hydrogens is 100 g/mol. The molecule has 0 spiro atoms. The smallest absolute Gasteiger partial charge is 0.0376 e. The number of nitrogens with zero attached hydrogens (tertiary/aromatic N) is 2. The van der Waals surface area contributed by atoms with Crippen LogP contribution in [0.2, 0.25) is 0 Å². The van der Waals surface area contributed by atoms with Gasteiger partial charge >= 0.3 is 0 Å². The first kappa shape index (κ1) is 5.35. The van der Waals surface area contributed by atoms with Gasteiger partial charge in [0.2, 0.25) is 0 Å². The number of hydrogen-bond donors (Lipinski definition) is 0. The summed E-state index contributed by atoms with van der Waals surface area (Å²) in [7, 11) is 1.96. The monoisotopic (exact) mass is 110 g/mol. The molecule has 0 bridgehead atoms. The van der Waals surface area contributed by atoms with Gasteiger partial charge in [0.05, 0.1) is 0 Å². The van der Waals surface area contributed by atoms with Gasteiger partial charge in [-0.2, -0.15) is 5.10 Å². The molecule has 0 aromatic heterocycles. The van der Waals surface area contributed by atoms with Gasteiger partial charge in [-0.25, -0.2) is 0 Å². The second-order valence-corrected chi connectivity index (χ2v) is 1.81. The molecule has 0 amide bonds. The summed E-state index contributed by atoms with van der Waals surface area (Å²) in [6, 6.07) is 0. The number of rotatable bonds is 0. The average molecular weight is 110 g/mol. The molecule has 0 aliphatic carbocycles. The van der Waals surface area contributed by atoms with Crippen LogP contribution in [0, 0.1) is 0 Å². The van der Waals surface area contributed by atoms with Crippen molar-refractivity contribution in [1.82, 2.24) is 5.01 Å². The number of allylic oxidation sites excluding steroid dienone is 2. The van der Waals surface area contributed by atoms with E-state index in [1.165, 1.54) is 5.70 Å². The van der Waals surface area contributed by atoms with Crippen molar-refractivity contribution in [3.8, 4) is 0 Å². The van der Waals surface area contributed by atoms with E-state index >= 15 is 0 Å². The highest BCUT2D eigenvalue weighted by atomic mass is 15.5. The second kappa shape index (κ2) is 1.99. The predicted molar refractivity (Wildman–Crippen MR) is 34.6 cm³/mol. The van der Waals surface area contributed by atoms with Crippen LogP contribution in [0.5, 0.6) is 0 Å². The standard InChI is InChI=1S/C6H10N2/c1-3-6-4-5-7-8(6)2/h3,5H,4H2,1-2H3/b6-3+. The van der Waals surface area contributed by atoms with E-state index in [2.05, 4.69) is 11.2 Å². The van der Waals surface area contributed by atoms with Gasteiger partial charge in [0.15, 0.2) is 0 Å². The van der Waals surface area contributed by atoms with E-state index < -0.39 is 0 Å². The quantitative estimate of drug-likeness (QED) is 0.457. The van der Waals surface area contributed by atoms with E-state index in [-0.39, 0.29) is 0 Å². The normalized spacial score (nSPS) is 23.2. The zero-order chi connectivity index (χ0) is 5.98. The molecule has 2 nitrogen and oxygen atoms in total. The highest BCUT2D eigenvalue weighted by Gasteiger charge is 2.04. The third kappa shape index (κ3) is 0.735. The lowest BCUT2D eigenvalue weighted by Gasteiger charge is -2.06. The van der Waals surface area contributed by atoms with E-state index in [1.54, 1.807) is 0 Å². The second-order valence-electron chi connectivity index (χ2n) is 1.81. The van der Waals surface area contributed by atoms with Gasteiger partial charge in [-0.15, -0.1) is 0 Å². The van der Waals surface area contributed by atoms with E-state index in [0.29, 0.717) is 0 Å². The van der Waals surface area contributed by atoms with Crippen molar-refractivity contribution in [3.05, 3.63) is 11.8 Å². The van der Waals surface area contributed by atoms with Crippen LogP contribution >= 0.6 is 0 Å². The molecule has 1 heterocycles. The predicted octanol–water partition coefficient (Wildman–Crippen LogP) is 1.21. The highest BCUT2D eigenvalue weighted by molar-refractivity contribution is 5.63. The molecule has 0 fully saturated rings. The van der Waals surface area contributed by atoms with Crippen molar-refractivity contribution in [2.45, 2.75) is 13.3 Å². The molecule has 2 heteroatoms. The lowest BCUT2D eigenvalue weighted by molar-refractivity contribution is 0.465. The topological polar surface area (TPSA) is 15.6 Å². The summed E-state index contributed by atoms with van der Waals surface area (Å²) >= 11 is 0. The van der Waals surface area contributed by atoms with E-state index in [4.69, 9.17) is 0 Å². The zero-order valence-corrected chi connectivity index (χ0v) is 5.26. The van der Waals surface area contributed by atoms with E-state index in [0.717, 1.165) is 6.42 Å². The molecule has 0 unspecified atom stereocenters. The summed E-state index contributed by atoms with van der Waals surface area (Å²) in [5, 5.41) is 5.92. The molecule has 1 rings (SSSR count). The summed E-state index contributed by atoms with van der Waals surface area (Å²) in [6.45, 7) is 2.03. The maximum atomic E-state index is 4.03. The average Bonchev–Trinajstić information content (AvgIpc) is 2.14. The Kier molecular flexibility index (Phi) is 1.33. The molecule has 0 saturated heterocycles. The Morgan fingerprint density at radius 1 is 1.88 bits per heavy atom. The lowest BCUT2D eigenvalue weighted by atomic mass is 10.3. The zero-order valence-electron chi connectivity index (χ0n) is 5.26. The van der Waals surface area contributed by atoms with Gasteiger partial charge in [-0.3, -0.25) is 5.01 Å². The van der Waals surface area contributed by atoms with E-state index in [1.807, 2.05) is 25.2 Å². The van der Waals surface area contributed by atoms with Crippen LogP contribution in [0.1, 0.15) is 13.3 Å². The summed E-state index contributed by atoms with van der Waals surface area (Å²) in [5.41, 5.74) is 1.28. The lowest BCUT2D eigenvalue weighted by Crippen LogP contribution is -2.02. The van der Waals surface area contributed by atoms with Crippen molar-refractivity contribution >= 4 is 6.21 Å². The van der Waals surface area contributed by atoms with Crippen molar-refractivity contribution in [2.24, 2.45) is 5.10 Å². The molecule has 1 aliphatic heterocycles. The molecule has 0 atom stereocenters. The molecule has 0 aromatic rings. The Labute approximate surface area is 49.5 Å². The Bertz CT molecular complexity index is 135. The molecule has 1 aliphatic rings. The van der Waals surface area contributed by atoms with Crippen molar-refractivity contribution < 1.29 is 0 Å². The van der Waals surface area contributed by atoms with Crippen LogP contribution < -0.4 is 0 Å². The van der Waals surface area contributed by atoms with Crippen LogP contribution in [-0.2, 0) is 0 Å². The SMILES string of the molecule is C/C=C1\CC=NN1C. The third-order valence-electron chi connectivity index (χ3n) is 1.30. The molecular formula is C6H10N2. The minimum Gasteiger partial charge on any atom is -0.273 e. The maximum Gasteiger partial charge on any atom is 0.0376 e.